The molecule has 1 aromatic carbocycles. The van der Waals surface area contributed by atoms with Crippen LogP contribution in [0.5, 0.6) is 5.75 Å². The van der Waals surface area contributed by atoms with Crippen LogP contribution < -0.4 is 4.74 Å². The minimum absolute atomic E-state index is 0.00930. The number of aryl methyl sites for hydroxylation is 1. The van der Waals surface area contributed by atoms with Gasteiger partial charge < -0.3 is 9.84 Å². The Morgan fingerprint density at radius 2 is 2.19 bits per heavy atom. The van der Waals surface area contributed by atoms with Crippen molar-refractivity contribution in [2.24, 2.45) is 0 Å². The van der Waals surface area contributed by atoms with Gasteiger partial charge in [0.05, 0.1) is 12.3 Å². The molecule has 0 spiro atoms. The highest BCUT2D eigenvalue weighted by molar-refractivity contribution is 5.40. The highest BCUT2D eigenvalue weighted by Crippen LogP contribution is 2.17. The number of aliphatic hydroxyl groups is 1. The average Bonchev–Trinajstić information content (AvgIpc) is 2.46. The number of rotatable bonds is 4. The summed E-state index contributed by atoms with van der Waals surface area (Å²) in [5.74, 6) is 5.55. The standard InChI is InChI=1S/C17H16FNO2/c1-13-5-4-7-19-17(13)12-21-16-10-14(6-2-3-8-20)9-15(18)11-16/h4-5,7,9-11,20H,3,8,12H2,1H3. The lowest BCUT2D eigenvalue weighted by atomic mass is 10.2. The number of hydrogen-bond acceptors (Lipinski definition) is 3. The molecule has 1 heterocycles. The lowest BCUT2D eigenvalue weighted by molar-refractivity contribution is 0.299. The lowest BCUT2D eigenvalue weighted by Crippen LogP contribution is -2.01. The fraction of sp³-hybridized carbons (Fsp3) is 0.235. The molecule has 2 aromatic rings. The van der Waals surface area contributed by atoms with Crippen LogP contribution in [0.2, 0.25) is 0 Å². The molecule has 4 heteroatoms. The molecule has 0 aliphatic rings. The van der Waals surface area contributed by atoms with Gasteiger partial charge in [0.2, 0.25) is 0 Å². The zero-order valence-corrected chi connectivity index (χ0v) is 11.8. The van der Waals surface area contributed by atoms with Crippen LogP contribution in [0.25, 0.3) is 0 Å². The molecular weight excluding hydrogens is 269 g/mol. The van der Waals surface area contributed by atoms with Gasteiger partial charge in [-0.05, 0) is 30.7 Å². The van der Waals surface area contributed by atoms with E-state index in [0.717, 1.165) is 11.3 Å². The number of aliphatic hydroxyl groups excluding tert-OH is 1. The first-order valence-corrected chi connectivity index (χ1v) is 6.62. The van der Waals surface area contributed by atoms with E-state index in [1.807, 2.05) is 19.1 Å². The smallest absolute Gasteiger partial charge is 0.130 e. The SMILES string of the molecule is Cc1cccnc1COc1cc(F)cc(C#CCCO)c1. The summed E-state index contributed by atoms with van der Waals surface area (Å²) in [6.07, 6.45) is 2.06. The van der Waals surface area contributed by atoms with Crippen LogP contribution in [0.1, 0.15) is 23.2 Å². The fourth-order valence-corrected chi connectivity index (χ4v) is 1.76. The van der Waals surface area contributed by atoms with Crippen LogP contribution >= 0.6 is 0 Å². The van der Waals surface area contributed by atoms with Crippen molar-refractivity contribution in [1.82, 2.24) is 4.98 Å². The molecule has 0 amide bonds. The molecule has 21 heavy (non-hydrogen) atoms. The van der Waals surface area contributed by atoms with E-state index in [4.69, 9.17) is 9.84 Å². The van der Waals surface area contributed by atoms with Crippen molar-refractivity contribution in [3.05, 3.63) is 59.2 Å². The van der Waals surface area contributed by atoms with Gasteiger partial charge >= 0.3 is 0 Å². The van der Waals surface area contributed by atoms with Crippen molar-refractivity contribution in [3.8, 4) is 17.6 Å². The van der Waals surface area contributed by atoms with E-state index < -0.39 is 5.82 Å². The maximum Gasteiger partial charge on any atom is 0.130 e. The summed E-state index contributed by atoms with van der Waals surface area (Å²) >= 11 is 0. The van der Waals surface area contributed by atoms with Crippen molar-refractivity contribution in [2.45, 2.75) is 20.0 Å². The Morgan fingerprint density at radius 3 is 2.95 bits per heavy atom. The third-order valence-corrected chi connectivity index (χ3v) is 2.83. The molecule has 0 aliphatic heterocycles. The number of halogens is 1. The van der Waals surface area contributed by atoms with E-state index in [1.165, 1.54) is 12.1 Å². The maximum atomic E-state index is 13.5. The van der Waals surface area contributed by atoms with Gasteiger partial charge in [-0.2, -0.15) is 0 Å². The third kappa shape index (κ3) is 4.59. The van der Waals surface area contributed by atoms with Crippen molar-refractivity contribution >= 4 is 0 Å². The summed E-state index contributed by atoms with van der Waals surface area (Å²) in [7, 11) is 0. The molecule has 1 N–H and O–H groups in total. The number of hydrogen-bond donors (Lipinski definition) is 1. The van der Waals surface area contributed by atoms with Crippen LogP contribution in [0.3, 0.4) is 0 Å². The molecular formula is C17H16FNO2. The first kappa shape index (κ1) is 15.0. The first-order valence-electron chi connectivity index (χ1n) is 6.62. The minimum atomic E-state index is -0.404. The summed E-state index contributed by atoms with van der Waals surface area (Å²) in [5, 5.41) is 8.68. The second kappa shape index (κ2) is 7.41. The number of pyridine rings is 1. The van der Waals surface area contributed by atoms with Gasteiger partial charge in [-0.3, -0.25) is 4.98 Å². The molecule has 0 saturated heterocycles. The van der Waals surface area contributed by atoms with E-state index in [9.17, 15) is 4.39 Å². The van der Waals surface area contributed by atoms with Gasteiger partial charge in [0.25, 0.3) is 0 Å². The molecule has 0 fully saturated rings. The Morgan fingerprint density at radius 1 is 1.33 bits per heavy atom. The van der Waals surface area contributed by atoms with Crippen molar-refractivity contribution in [2.75, 3.05) is 6.61 Å². The quantitative estimate of drug-likeness (QED) is 0.878. The van der Waals surface area contributed by atoms with Gasteiger partial charge in [-0.15, -0.1) is 0 Å². The lowest BCUT2D eigenvalue weighted by Gasteiger charge is -2.08. The number of aromatic nitrogens is 1. The van der Waals surface area contributed by atoms with Crippen molar-refractivity contribution < 1.29 is 14.2 Å². The Bertz CT molecular complexity index is 674. The minimum Gasteiger partial charge on any atom is -0.487 e. The summed E-state index contributed by atoms with van der Waals surface area (Å²) in [5.41, 5.74) is 2.36. The van der Waals surface area contributed by atoms with Crippen LogP contribution in [0.15, 0.2) is 36.5 Å². The molecule has 0 saturated carbocycles. The normalized spacial score (nSPS) is 9.86. The average molecular weight is 285 g/mol. The molecule has 1 aromatic heterocycles. The van der Waals surface area contributed by atoms with Gasteiger partial charge in [0.1, 0.15) is 18.2 Å². The number of ether oxygens (including phenoxy) is 1. The molecule has 3 nitrogen and oxygen atoms in total. The predicted octanol–water partition coefficient (Wildman–Crippen LogP) is 2.84. The first-order chi connectivity index (χ1) is 10.2. The van der Waals surface area contributed by atoms with Gasteiger partial charge in [-0.1, -0.05) is 17.9 Å². The van der Waals surface area contributed by atoms with E-state index in [-0.39, 0.29) is 13.2 Å². The monoisotopic (exact) mass is 285 g/mol. The fourth-order valence-electron chi connectivity index (χ4n) is 1.76. The van der Waals surface area contributed by atoms with E-state index in [2.05, 4.69) is 16.8 Å². The predicted molar refractivity (Wildman–Crippen MR) is 78.3 cm³/mol. The maximum absolute atomic E-state index is 13.5. The molecule has 0 atom stereocenters. The second-order valence-corrected chi connectivity index (χ2v) is 4.51. The molecule has 0 bridgehead atoms. The van der Waals surface area contributed by atoms with Crippen LogP contribution in [0, 0.1) is 24.6 Å². The van der Waals surface area contributed by atoms with E-state index in [0.29, 0.717) is 17.7 Å². The van der Waals surface area contributed by atoms with Crippen molar-refractivity contribution in [3.63, 3.8) is 0 Å². The molecule has 2 rings (SSSR count). The topological polar surface area (TPSA) is 42.4 Å². The molecule has 0 radical (unpaired) electrons. The summed E-state index contributed by atoms with van der Waals surface area (Å²) in [4.78, 5) is 4.22. The molecule has 0 unspecified atom stereocenters. The summed E-state index contributed by atoms with van der Waals surface area (Å²) in [6, 6.07) is 8.13. The number of benzene rings is 1. The van der Waals surface area contributed by atoms with E-state index >= 15 is 0 Å². The Labute approximate surface area is 123 Å². The third-order valence-electron chi connectivity index (χ3n) is 2.83. The summed E-state index contributed by atoms with van der Waals surface area (Å²) in [6.45, 7) is 2.22. The zero-order valence-electron chi connectivity index (χ0n) is 11.8. The van der Waals surface area contributed by atoms with Crippen molar-refractivity contribution in [1.29, 1.82) is 0 Å². The van der Waals surface area contributed by atoms with E-state index in [1.54, 1.807) is 12.3 Å². The highest BCUT2D eigenvalue weighted by atomic mass is 19.1. The van der Waals surface area contributed by atoms with Gasteiger partial charge in [0.15, 0.2) is 0 Å². The Balaban J connectivity index is 2.10. The largest absolute Gasteiger partial charge is 0.487 e. The zero-order chi connectivity index (χ0) is 15.1. The second-order valence-electron chi connectivity index (χ2n) is 4.51. The van der Waals surface area contributed by atoms with Gasteiger partial charge in [-0.25, -0.2) is 4.39 Å². The van der Waals surface area contributed by atoms with Gasteiger partial charge in [0, 0.05) is 24.2 Å². The highest BCUT2D eigenvalue weighted by Gasteiger charge is 2.03. The van der Waals surface area contributed by atoms with Crippen LogP contribution in [0.4, 0.5) is 4.39 Å². The summed E-state index contributed by atoms with van der Waals surface area (Å²) < 4.78 is 19.1. The molecule has 108 valence electrons. The van der Waals surface area contributed by atoms with Crippen LogP contribution in [-0.2, 0) is 6.61 Å². The van der Waals surface area contributed by atoms with Crippen LogP contribution in [-0.4, -0.2) is 16.7 Å². The molecule has 0 aliphatic carbocycles. The number of nitrogens with zero attached hydrogens (tertiary/aromatic N) is 1. The Kier molecular flexibility index (Phi) is 5.30. The Hall–Kier alpha value is -2.38.